The van der Waals surface area contributed by atoms with E-state index in [-0.39, 0.29) is 5.41 Å². The van der Waals surface area contributed by atoms with Gasteiger partial charge < -0.3 is 9.47 Å². The third kappa shape index (κ3) is 2.65. The molecule has 0 fully saturated rings. The van der Waals surface area contributed by atoms with Gasteiger partial charge in [0.05, 0.1) is 0 Å². The number of ether oxygens (including phenoxy) is 2. The van der Waals surface area contributed by atoms with Gasteiger partial charge in [-0.25, -0.2) is 0 Å². The molecule has 100 valence electrons. The standard InChI is InChI=1S/C16H14N2O2/c1-16(2)13(5-8-15(16)20-11-18)9-12-3-6-14(7-4-12)19-10-17/h3-8H,9H2,1-2H3. The Balaban J connectivity index is 2.09. The zero-order valence-electron chi connectivity index (χ0n) is 11.4. The molecule has 0 bridgehead atoms. The molecular weight excluding hydrogens is 252 g/mol. The van der Waals surface area contributed by atoms with Crippen LogP contribution >= 0.6 is 0 Å². The number of benzene rings is 1. The highest BCUT2D eigenvalue weighted by Crippen LogP contribution is 2.41. The van der Waals surface area contributed by atoms with Gasteiger partial charge in [0.25, 0.3) is 12.5 Å². The molecule has 2 rings (SSSR count). The third-order valence-corrected chi connectivity index (χ3v) is 3.49. The molecule has 0 N–H and O–H groups in total. The summed E-state index contributed by atoms with van der Waals surface area (Å²) in [5, 5.41) is 17.1. The summed E-state index contributed by atoms with van der Waals surface area (Å²) in [5.74, 6) is 1.20. The summed E-state index contributed by atoms with van der Waals surface area (Å²) in [4.78, 5) is 0. The summed E-state index contributed by atoms with van der Waals surface area (Å²) in [7, 11) is 0. The van der Waals surface area contributed by atoms with Crippen molar-refractivity contribution in [2.45, 2.75) is 20.3 Å². The van der Waals surface area contributed by atoms with E-state index < -0.39 is 0 Å². The van der Waals surface area contributed by atoms with Gasteiger partial charge in [0.15, 0.2) is 0 Å². The monoisotopic (exact) mass is 266 g/mol. The lowest BCUT2D eigenvalue weighted by Crippen LogP contribution is -2.17. The zero-order valence-corrected chi connectivity index (χ0v) is 11.4. The molecule has 0 spiro atoms. The lowest BCUT2D eigenvalue weighted by atomic mass is 9.82. The molecule has 0 heterocycles. The van der Waals surface area contributed by atoms with E-state index in [0.29, 0.717) is 11.5 Å². The van der Waals surface area contributed by atoms with Crippen LogP contribution in [0.5, 0.6) is 5.75 Å². The molecule has 0 saturated heterocycles. The van der Waals surface area contributed by atoms with Crippen molar-refractivity contribution < 1.29 is 9.47 Å². The first kappa shape index (κ1) is 13.7. The number of hydrogen-bond acceptors (Lipinski definition) is 4. The number of hydrogen-bond donors (Lipinski definition) is 0. The fourth-order valence-electron chi connectivity index (χ4n) is 2.19. The van der Waals surface area contributed by atoms with Crippen LogP contribution in [0.25, 0.3) is 0 Å². The van der Waals surface area contributed by atoms with E-state index in [4.69, 9.17) is 20.0 Å². The van der Waals surface area contributed by atoms with Crippen molar-refractivity contribution in [3.8, 4) is 18.3 Å². The SMILES string of the molecule is CC1(C)C(Cc2ccc(OC#N)cc2)=CC=C1OC#N. The van der Waals surface area contributed by atoms with Crippen molar-refractivity contribution in [2.24, 2.45) is 5.41 Å². The zero-order chi connectivity index (χ0) is 14.6. The van der Waals surface area contributed by atoms with Crippen LogP contribution in [0.3, 0.4) is 0 Å². The van der Waals surface area contributed by atoms with Gasteiger partial charge in [0.1, 0.15) is 11.5 Å². The largest absolute Gasteiger partial charge is 0.392 e. The highest BCUT2D eigenvalue weighted by Gasteiger charge is 2.33. The lowest BCUT2D eigenvalue weighted by Gasteiger charge is -2.24. The Hall–Kier alpha value is -2.72. The topological polar surface area (TPSA) is 66.0 Å². The minimum atomic E-state index is -0.280. The van der Waals surface area contributed by atoms with Crippen molar-refractivity contribution in [3.05, 3.63) is 53.3 Å². The molecule has 4 nitrogen and oxygen atoms in total. The number of nitrogens with zero attached hydrogens (tertiary/aromatic N) is 2. The quantitative estimate of drug-likeness (QED) is 0.783. The molecule has 4 heteroatoms. The molecule has 0 amide bonds. The summed E-state index contributed by atoms with van der Waals surface area (Å²) < 4.78 is 9.74. The Morgan fingerprint density at radius 1 is 1.00 bits per heavy atom. The summed E-state index contributed by atoms with van der Waals surface area (Å²) in [6.07, 6.45) is 7.96. The lowest BCUT2D eigenvalue weighted by molar-refractivity contribution is 0.278. The fourth-order valence-corrected chi connectivity index (χ4v) is 2.19. The Morgan fingerprint density at radius 3 is 2.25 bits per heavy atom. The fraction of sp³-hybridized carbons (Fsp3) is 0.250. The summed E-state index contributed by atoms with van der Waals surface area (Å²) >= 11 is 0. The molecule has 1 aliphatic rings. The average molecular weight is 266 g/mol. The van der Waals surface area contributed by atoms with Gasteiger partial charge in [0, 0.05) is 5.41 Å². The van der Waals surface area contributed by atoms with Crippen molar-refractivity contribution >= 4 is 0 Å². The van der Waals surface area contributed by atoms with E-state index in [1.807, 2.05) is 38.1 Å². The molecule has 1 aliphatic carbocycles. The van der Waals surface area contributed by atoms with Crippen molar-refractivity contribution in [3.63, 3.8) is 0 Å². The second-order valence-corrected chi connectivity index (χ2v) is 5.06. The van der Waals surface area contributed by atoms with E-state index in [1.165, 1.54) is 5.57 Å². The molecule has 0 aliphatic heterocycles. The average Bonchev–Trinajstić information content (AvgIpc) is 2.69. The highest BCUT2D eigenvalue weighted by atomic mass is 16.5. The van der Waals surface area contributed by atoms with Gasteiger partial charge in [-0.05, 0) is 44.0 Å². The van der Waals surface area contributed by atoms with Crippen molar-refractivity contribution in [2.75, 3.05) is 0 Å². The second kappa shape index (κ2) is 5.50. The van der Waals surface area contributed by atoms with E-state index in [1.54, 1.807) is 24.6 Å². The minimum Gasteiger partial charge on any atom is -0.392 e. The van der Waals surface area contributed by atoms with Crippen LogP contribution in [0.15, 0.2) is 47.7 Å². The summed E-state index contributed by atoms with van der Waals surface area (Å²) in [6, 6.07) is 7.38. The Morgan fingerprint density at radius 2 is 1.65 bits per heavy atom. The smallest absolute Gasteiger partial charge is 0.292 e. The summed E-state index contributed by atoms with van der Waals surface area (Å²) in [5.41, 5.74) is 2.01. The molecule has 0 radical (unpaired) electrons. The summed E-state index contributed by atoms with van der Waals surface area (Å²) in [6.45, 7) is 4.06. The molecule has 0 atom stereocenters. The maximum atomic E-state index is 8.64. The third-order valence-electron chi connectivity index (χ3n) is 3.49. The van der Waals surface area contributed by atoms with Crippen LogP contribution in [0.1, 0.15) is 19.4 Å². The van der Waals surface area contributed by atoms with Crippen molar-refractivity contribution in [1.82, 2.24) is 0 Å². The van der Waals surface area contributed by atoms with Crippen LogP contribution in [0.4, 0.5) is 0 Å². The molecule has 0 unspecified atom stereocenters. The highest BCUT2D eigenvalue weighted by molar-refractivity contribution is 5.40. The Bertz CT molecular complexity index is 641. The predicted molar refractivity (Wildman–Crippen MR) is 73.0 cm³/mol. The first-order valence-corrected chi connectivity index (χ1v) is 6.20. The molecular formula is C16H14N2O2. The van der Waals surface area contributed by atoms with Crippen molar-refractivity contribution in [1.29, 1.82) is 10.5 Å². The van der Waals surface area contributed by atoms with E-state index in [9.17, 15) is 0 Å². The van der Waals surface area contributed by atoms with Gasteiger partial charge >= 0.3 is 0 Å². The van der Waals surface area contributed by atoms with Gasteiger partial charge in [-0.1, -0.05) is 23.8 Å². The first-order chi connectivity index (χ1) is 9.57. The van der Waals surface area contributed by atoms with Crippen LogP contribution in [0.2, 0.25) is 0 Å². The van der Waals surface area contributed by atoms with Gasteiger partial charge in [0.2, 0.25) is 0 Å². The van der Waals surface area contributed by atoms with E-state index in [2.05, 4.69) is 0 Å². The second-order valence-electron chi connectivity index (χ2n) is 5.06. The maximum absolute atomic E-state index is 8.64. The van der Waals surface area contributed by atoms with Gasteiger partial charge in [-0.3, -0.25) is 0 Å². The number of rotatable bonds is 4. The number of nitriles is 2. The van der Waals surface area contributed by atoms with Gasteiger partial charge in [-0.2, -0.15) is 0 Å². The molecule has 1 aromatic carbocycles. The Labute approximate surface area is 118 Å². The van der Waals surface area contributed by atoms with Crippen LogP contribution in [0, 0.1) is 28.4 Å². The van der Waals surface area contributed by atoms with Crippen LogP contribution in [-0.4, -0.2) is 0 Å². The molecule has 0 saturated carbocycles. The van der Waals surface area contributed by atoms with Crippen LogP contribution < -0.4 is 4.74 Å². The van der Waals surface area contributed by atoms with E-state index >= 15 is 0 Å². The molecule has 20 heavy (non-hydrogen) atoms. The van der Waals surface area contributed by atoms with Gasteiger partial charge in [-0.15, -0.1) is 10.5 Å². The Kier molecular flexibility index (Phi) is 3.77. The maximum Gasteiger partial charge on any atom is 0.292 e. The molecule has 1 aromatic rings. The number of allylic oxidation sites excluding steroid dienone is 3. The minimum absolute atomic E-state index is 0.280. The normalized spacial score (nSPS) is 15.6. The van der Waals surface area contributed by atoms with Crippen LogP contribution in [-0.2, 0) is 11.2 Å². The predicted octanol–water partition coefficient (Wildman–Crippen LogP) is 3.44. The molecule has 0 aromatic heterocycles. The first-order valence-electron chi connectivity index (χ1n) is 6.20. The van der Waals surface area contributed by atoms with E-state index in [0.717, 1.165) is 12.0 Å².